The van der Waals surface area contributed by atoms with Gasteiger partial charge in [0.25, 0.3) is 5.91 Å². The molecule has 1 fully saturated rings. The maximum atomic E-state index is 11.7. The molecule has 0 atom stereocenters. The first-order chi connectivity index (χ1) is 8.13. The highest BCUT2D eigenvalue weighted by molar-refractivity contribution is 5.92. The fraction of sp³-hybridized carbons (Fsp3) is 0.500. The van der Waals surface area contributed by atoms with Gasteiger partial charge in [0.05, 0.1) is 5.60 Å². The van der Waals surface area contributed by atoms with Gasteiger partial charge < -0.3 is 15.4 Å². The summed E-state index contributed by atoms with van der Waals surface area (Å²) in [4.78, 5) is 14.4. The number of nitrogens with one attached hydrogen (secondary N) is 2. The van der Waals surface area contributed by atoms with E-state index in [0.29, 0.717) is 11.4 Å². The van der Waals surface area contributed by atoms with Crippen molar-refractivity contribution in [3.05, 3.63) is 23.5 Å². The number of carbonyl (C=O) groups is 1. The molecule has 0 bridgehead atoms. The number of hydrogen-bond donors (Lipinski definition) is 3. The van der Waals surface area contributed by atoms with Crippen molar-refractivity contribution < 1.29 is 9.90 Å². The monoisotopic (exact) mass is 233 g/mol. The van der Waals surface area contributed by atoms with Crippen molar-refractivity contribution in [3.8, 4) is 6.07 Å². The summed E-state index contributed by atoms with van der Waals surface area (Å²) in [6.45, 7) is 0.271. The molecule has 1 heterocycles. The number of aromatic nitrogens is 1. The Morgan fingerprint density at radius 3 is 2.82 bits per heavy atom. The largest absolute Gasteiger partial charge is 0.388 e. The smallest absolute Gasteiger partial charge is 0.267 e. The molecule has 0 aliphatic heterocycles. The van der Waals surface area contributed by atoms with E-state index in [0.717, 1.165) is 25.7 Å². The van der Waals surface area contributed by atoms with E-state index in [1.807, 2.05) is 6.07 Å². The summed E-state index contributed by atoms with van der Waals surface area (Å²) in [7, 11) is 0. The summed E-state index contributed by atoms with van der Waals surface area (Å²) in [6.07, 6.45) is 3.49. The van der Waals surface area contributed by atoms with E-state index in [9.17, 15) is 9.90 Å². The van der Waals surface area contributed by atoms with Crippen molar-refractivity contribution in [2.24, 2.45) is 0 Å². The lowest BCUT2D eigenvalue weighted by Crippen LogP contribution is -2.40. The minimum absolute atomic E-state index is 0.271. The van der Waals surface area contributed by atoms with Gasteiger partial charge in [-0.25, -0.2) is 0 Å². The molecule has 1 aliphatic carbocycles. The molecule has 5 heteroatoms. The molecular weight excluding hydrogens is 218 g/mol. The molecule has 2 rings (SSSR count). The van der Waals surface area contributed by atoms with Crippen molar-refractivity contribution in [1.82, 2.24) is 10.3 Å². The van der Waals surface area contributed by atoms with Gasteiger partial charge in [0, 0.05) is 6.54 Å². The Bertz CT molecular complexity index is 453. The van der Waals surface area contributed by atoms with Crippen LogP contribution in [0.15, 0.2) is 12.1 Å². The molecule has 1 aromatic rings. The number of aromatic amines is 1. The molecule has 0 saturated heterocycles. The Hall–Kier alpha value is -1.80. The van der Waals surface area contributed by atoms with Crippen molar-refractivity contribution in [2.75, 3.05) is 6.54 Å². The Morgan fingerprint density at radius 1 is 1.53 bits per heavy atom. The summed E-state index contributed by atoms with van der Waals surface area (Å²) in [5.74, 6) is -0.285. The van der Waals surface area contributed by atoms with E-state index < -0.39 is 5.60 Å². The molecule has 0 aromatic carbocycles. The Balaban J connectivity index is 1.91. The molecule has 17 heavy (non-hydrogen) atoms. The molecule has 90 valence electrons. The van der Waals surface area contributed by atoms with Crippen LogP contribution in [0.1, 0.15) is 41.9 Å². The third kappa shape index (κ3) is 2.66. The van der Waals surface area contributed by atoms with Gasteiger partial charge in [0.15, 0.2) is 0 Å². The lowest BCUT2D eigenvalue weighted by atomic mass is 10.0. The minimum Gasteiger partial charge on any atom is -0.388 e. The first-order valence-corrected chi connectivity index (χ1v) is 5.73. The highest BCUT2D eigenvalue weighted by atomic mass is 16.3. The average molecular weight is 233 g/mol. The highest BCUT2D eigenvalue weighted by Crippen LogP contribution is 2.28. The molecular formula is C12H15N3O2. The fourth-order valence-electron chi connectivity index (χ4n) is 2.14. The van der Waals surface area contributed by atoms with Crippen LogP contribution in [0.3, 0.4) is 0 Å². The first kappa shape index (κ1) is 11.7. The van der Waals surface area contributed by atoms with E-state index in [1.165, 1.54) is 0 Å². The van der Waals surface area contributed by atoms with Crippen LogP contribution >= 0.6 is 0 Å². The van der Waals surface area contributed by atoms with Crippen LogP contribution in [0.25, 0.3) is 0 Å². The van der Waals surface area contributed by atoms with Crippen LogP contribution in [-0.2, 0) is 0 Å². The zero-order chi connectivity index (χ0) is 12.3. The summed E-state index contributed by atoms with van der Waals surface area (Å²) >= 11 is 0. The second kappa shape index (κ2) is 4.60. The molecule has 1 aromatic heterocycles. The Morgan fingerprint density at radius 2 is 2.24 bits per heavy atom. The van der Waals surface area contributed by atoms with Gasteiger partial charge in [-0.2, -0.15) is 5.26 Å². The summed E-state index contributed by atoms with van der Waals surface area (Å²) in [6, 6.07) is 5.04. The predicted octanol–water partition coefficient (Wildman–Crippen LogP) is 0.921. The lowest BCUT2D eigenvalue weighted by Gasteiger charge is -2.22. The number of carbonyl (C=O) groups excluding carboxylic acids is 1. The van der Waals surface area contributed by atoms with Gasteiger partial charge in [-0.1, -0.05) is 12.8 Å². The Labute approximate surface area is 99.5 Å². The molecule has 0 spiro atoms. The van der Waals surface area contributed by atoms with E-state index in [1.54, 1.807) is 12.1 Å². The van der Waals surface area contributed by atoms with Crippen LogP contribution in [0.2, 0.25) is 0 Å². The zero-order valence-corrected chi connectivity index (χ0v) is 9.49. The number of amides is 1. The minimum atomic E-state index is -0.750. The van der Waals surface area contributed by atoms with E-state index >= 15 is 0 Å². The predicted molar refractivity (Wildman–Crippen MR) is 61.3 cm³/mol. The van der Waals surface area contributed by atoms with Gasteiger partial charge in [-0.15, -0.1) is 0 Å². The van der Waals surface area contributed by atoms with Crippen LogP contribution in [0.5, 0.6) is 0 Å². The fourth-order valence-corrected chi connectivity index (χ4v) is 2.14. The second-order valence-electron chi connectivity index (χ2n) is 4.51. The SMILES string of the molecule is N#Cc1ccc(C(=O)NCC2(O)CCCC2)[nH]1. The summed E-state index contributed by atoms with van der Waals surface area (Å²) in [5.41, 5.74) is -0.0433. The van der Waals surface area contributed by atoms with Gasteiger partial charge in [0.1, 0.15) is 17.5 Å². The molecule has 0 unspecified atom stereocenters. The number of aliphatic hydroxyl groups is 1. The van der Waals surface area contributed by atoms with Gasteiger partial charge >= 0.3 is 0 Å². The van der Waals surface area contributed by atoms with Gasteiger partial charge in [-0.3, -0.25) is 4.79 Å². The van der Waals surface area contributed by atoms with Crippen molar-refractivity contribution in [1.29, 1.82) is 5.26 Å². The van der Waals surface area contributed by atoms with Crippen LogP contribution in [0.4, 0.5) is 0 Å². The van der Waals surface area contributed by atoms with E-state index in [4.69, 9.17) is 5.26 Å². The quantitative estimate of drug-likeness (QED) is 0.725. The van der Waals surface area contributed by atoms with Crippen LogP contribution < -0.4 is 5.32 Å². The van der Waals surface area contributed by atoms with Gasteiger partial charge in [-0.05, 0) is 25.0 Å². The highest BCUT2D eigenvalue weighted by Gasteiger charge is 2.31. The number of H-pyrrole nitrogens is 1. The summed E-state index contributed by atoms with van der Waals surface area (Å²) < 4.78 is 0. The zero-order valence-electron chi connectivity index (χ0n) is 9.49. The number of nitrogens with zero attached hydrogens (tertiary/aromatic N) is 1. The van der Waals surface area contributed by atoms with E-state index in [-0.39, 0.29) is 12.5 Å². The van der Waals surface area contributed by atoms with Gasteiger partial charge in [0.2, 0.25) is 0 Å². The van der Waals surface area contributed by atoms with E-state index in [2.05, 4.69) is 10.3 Å². The lowest BCUT2D eigenvalue weighted by molar-refractivity contribution is 0.0449. The van der Waals surface area contributed by atoms with Crippen molar-refractivity contribution >= 4 is 5.91 Å². The maximum Gasteiger partial charge on any atom is 0.267 e. The Kier molecular flexibility index (Phi) is 3.16. The second-order valence-corrected chi connectivity index (χ2v) is 4.51. The summed E-state index contributed by atoms with van der Waals surface area (Å²) in [5, 5.41) is 21.4. The average Bonchev–Trinajstić information content (AvgIpc) is 2.95. The molecule has 0 radical (unpaired) electrons. The van der Waals surface area contributed by atoms with Crippen LogP contribution in [-0.4, -0.2) is 28.1 Å². The third-order valence-corrected chi connectivity index (χ3v) is 3.16. The molecule has 1 aliphatic rings. The maximum absolute atomic E-state index is 11.7. The third-order valence-electron chi connectivity index (χ3n) is 3.16. The normalized spacial score (nSPS) is 17.6. The molecule has 3 N–H and O–H groups in total. The topological polar surface area (TPSA) is 88.9 Å². The van der Waals surface area contributed by atoms with Crippen molar-refractivity contribution in [2.45, 2.75) is 31.3 Å². The van der Waals surface area contributed by atoms with Crippen molar-refractivity contribution in [3.63, 3.8) is 0 Å². The molecule has 5 nitrogen and oxygen atoms in total. The number of nitriles is 1. The molecule has 1 amide bonds. The standard InChI is InChI=1S/C12H15N3O2/c13-7-9-3-4-10(15-9)11(16)14-8-12(17)5-1-2-6-12/h3-4,15,17H,1-2,5-6,8H2,(H,14,16). The number of hydrogen-bond acceptors (Lipinski definition) is 3. The van der Waals surface area contributed by atoms with Crippen LogP contribution in [0, 0.1) is 11.3 Å². The molecule has 1 saturated carbocycles. The first-order valence-electron chi connectivity index (χ1n) is 5.73. The number of rotatable bonds is 3.